The van der Waals surface area contributed by atoms with E-state index in [1.165, 1.54) is 56.3 Å². The van der Waals surface area contributed by atoms with Crippen molar-refractivity contribution in [3.63, 3.8) is 0 Å². The fourth-order valence-corrected chi connectivity index (χ4v) is 11.5. The van der Waals surface area contributed by atoms with Crippen molar-refractivity contribution in [3.05, 3.63) is 47.0 Å². The molecule has 3 fully saturated rings. The number of hydrogen-bond acceptors (Lipinski definition) is 4. The first kappa shape index (κ1) is 36.2. The summed E-state index contributed by atoms with van der Waals surface area (Å²) in [5.74, 6) is 4.34. The lowest BCUT2D eigenvalue weighted by Gasteiger charge is -2.59. The van der Waals surface area contributed by atoms with Gasteiger partial charge in [-0.15, -0.1) is 0 Å². The van der Waals surface area contributed by atoms with E-state index in [4.69, 9.17) is 4.74 Å². The van der Waals surface area contributed by atoms with Gasteiger partial charge in [-0.25, -0.2) is 4.79 Å². The summed E-state index contributed by atoms with van der Waals surface area (Å²) in [7, 11) is 0. The number of ether oxygens (including phenoxy) is 1. The monoisotopic (exact) mass is 672 g/mol. The molecule has 0 aromatic heterocycles. The maximum absolute atomic E-state index is 13.7. The Morgan fingerprint density at radius 1 is 0.939 bits per heavy atom. The largest absolute Gasteiger partial charge is 0.444 e. The average molecular weight is 673 g/mol. The highest BCUT2D eigenvalue weighted by atomic mass is 16.6. The average Bonchev–Trinajstić information content (AvgIpc) is 3.51. The predicted molar refractivity (Wildman–Crippen MR) is 196 cm³/mol. The molecule has 0 bridgehead atoms. The minimum absolute atomic E-state index is 0.0595. The summed E-state index contributed by atoms with van der Waals surface area (Å²) in [5.41, 5.74) is 2.57. The van der Waals surface area contributed by atoms with E-state index in [2.05, 4.69) is 40.7 Å². The van der Waals surface area contributed by atoms with Gasteiger partial charge >= 0.3 is 6.09 Å². The van der Waals surface area contributed by atoms with Gasteiger partial charge in [-0.1, -0.05) is 77.7 Å². The van der Waals surface area contributed by atoms with Gasteiger partial charge in [0.25, 0.3) is 11.8 Å². The van der Waals surface area contributed by atoms with Gasteiger partial charge in [0.2, 0.25) is 0 Å². The van der Waals surface area contributed by atoms with Crippen LogP contribution in [0.25, 0.3) is 0 Å². The highest BCUT2D eigenvalue weighted by Crippen LogP contribution is 2.67. The van der Waals surface area contributed by atoms with Crippen LogP contribution in [0.1, 0.15) is 153 Å². The van der Waals surface area contributed by atoms with Crippen molar-refractivity contribution in [2.45, 2.75) is 144 Å². The van der Waals surface area contributed by atoms with E-state index in [1.54, 1.807) is 29.8 Å². The maximum atomic E-state index is 13.7. The van der Waals surface area contributed by atoms with Gasteiger partial charge in [0, 0.05) is 19.1 Å². The Hall–Kier alpha value is -2.63. The SMILES string of the molecule is CC(C)CCC[C@@H](C)C1CC[C@H]2[C@@H]3CC=C4C[C@@H](N(CCCN5C(=O)c6ccccc6C5=O)C(=O)OC(C)(C)C)CCC4(C)C3CCC12C. The fraction of sp³-hybridized carbons (Fsp3) is 0.744. The number of allylic oxidation sites excluding steroid dienone is 1. The molecule has 3 amide bonds. The third-order valence-corrected chi connectivity index (χ3v) is 14.0. The number of amides is 3. The smallest absolute Gasteiger partial charge is 0.410 e. The zero-order valence-corrected chi connectivity index (χ0v) is 31.9. The Balaban J connectivity index is 1.14. The van der Waals surface area contributed by atoms with Gasteiger partial charge < -0.3 is 9.64 Å². The summed E-state index contributed by atoms with van der Waals surface area (Å²) < 4.78 is 5.96. The Kier molecular flexibility index (Phi) is 10.2. The topological polar surface area (TPSA) is 66.9 Å². The second-order valence-corrected chi connectivity index (χ2v) is 18.5. The lowest BCUT2D eigenvalue weighted by molar-refractivity contribution is -0.0556. The molecule has 0 saturated heterocycles. The first-order valence-corrected chi connectivity index (χ1v) is 19.8. The molecule has 6 nitrogen and oxygen atoms in total. The highest BCUT2D eigenvalue weighted by molar-refractivity contribution is 6.21. The standard InChI is InChI=1S/C43H64N2O4/c1-28(2)13-11-14-29(3)35-19-20-36-34-18-17-30-27-31(21-23-42(30,7)37(34)22-24-43(35,36)8)44(40(48)49-41(4,5)6)25-12-26-45-38(46)32-15-9-10-16-33(32)39(45)47/h9-10,15-17,28-29,31,34-37H,11-14,18-27H2,1-8H3/t29-,31+,34+,35?,36+,37?,42?,43?/m1/s1. The van der Waals surface area contributed by atoms with Gasteiger partial charge in [-0.2, -0.15) is 0 Å². The molecule has 1 aromatic carbocycles. The minimum atomic E-state index is -0.599. The van der Waals surface area contributed by atoms with Gasteiger partial charge in [0.15, 0.2) is 0 Å². The molecule has 0 radical (unpaired) electrons. The van der Waals surface area contributed by atoms with Crippen LogP contribution in [0.2, 0.25) is 0 Å². The van der Waals surface area contributed by atoms with Gasteiger partial charge in [0.05, 0.1) is 11.1 Å². The van der Waals surface area contributed by atoms with Crippen LogP contribution in [0, 0.1) is 46.3 Å². The molecule has 1 aliphatic heterocycles. The van der Waals surface area contributed by atoms with Crippen LogP contribution < -0.4 is 0 Å². The van der Waals surface area contributed by atoms with Crippen LogP contribution in [-0.2, 0) is 4.74 Å². The molecule has 0 spiro atoms. The van der Waals surface area contributed by atoms with E-state index in [0.717, 1.165) is 54.8 Å². The molecule has 5 aliphatic rings. The molecule has 6 heteroatoms. The van der Waals surface area contributed by atoms with Gasteiger partial charge in [-0.05, 0) is 137 Å². The first-order valence-electron chi connectivity index (χ1n) is 19.8. The summed E-state index contributed by atoms with van der Waals surface area (Å²) in [5, 5.41) is 0. The Morgan fingerprint density at radius 2 is 1.63 bits per heavy atom. The number of nitrogens with zero attached hydrogens (tertiary/aromatic N) is 2. The molecule has 49 heavy (non-hydrogen) atoms. The van der Waals surface area contributed by atoms with E-state index in [-0.39, 0.29) is 29.4 Å². The predicted octanol–water partition coefficient (Wildman–Crippen LogP) is 10.3. The maximum Gasteiger partial charge on any atom is 0.410 e. The van der Waals surface area contributed by atoms with Crippen molar-refractivity contribution in [2.75, 3.05) is 13.1 Å². The lowest BCUT2D eigenvalue weighted by Crippen LogP contribution is -2.53. The van der Waals surface area contributed by atoms with Crippen LogP contribution in [0.3, 0.4) is 0 Å². The number of rotatable bonds is 10. The zero-order chi connectivity index (χ0) is 35.3. The molecule has 1 aromatic rings. The Labute approximate surface area is 296 Å². The molecule has 270 valence electrons. The van der Waals surface area contributed by atoms with Crippen molar-refractivity contribution in [1.29, 1.82) is 0 Å². The molecular formula is C43H64N2O4. The summed E-state index contributed by atoms with van der Waals surface area (Å²) >= 11 is 0. The molecule has 3 saturated carbocycles. The van der Waals surface area contributed by atoms with Crippen molar-refractivity contribution in [1.82, 2.24) is 9.80 Å². The van der Waals surface area contributed by atoms with Crippen LogP contribution in [-0.4, -0.2) is 52.4 Å². The normalized spacial score (nSPS) is 33.0. The number of carbonyl (C=O) groups excluding carboxylic acids is 3. The van der Waals surface area contributed by atoms with E-state index >= 15 is 0 Å². The molecule has 4 aliphatic carbocycles. The lowest BCUT2D eigenvalue weighted by atomic mass is 9.46. The van der Waals surface area contributed by atoms with Crippen LogP contribution in [0.4, 0.5) is 4.79 Å². The molecular weight excluding hydrogens is 608 g/mol. The van der Waals surface area contributed by atoms with Crippen molar-refractivity contribution in [3.8, 4) is 0 Å². The third-order valence-electron chi connectivity index (χ3n) is 14.0. The van der Waals surface area contributed by atoms with Crippen molar-refractivity contribution >= 4 is 17.9 Å². The number of imide groups is 1. The number of fused-ring (bicyclic) bond motifs is 6. The van der Waals surface area contributed by atoms with Crippen LogP contribution in [0.15, 0.2) is 35.9 Å². The molecule has 4 unspecified atom stereocenters. The summed E-state index contributed by atoms with van der Waals surface area (Å²) in [6.07, 6.45) is 16.6. The van der Waals surface area contributed by atoms with E-state index in [9.17, 15) is 14.4 Å². The Bertz CT molecular complexity index is 1410. The number of hydrogen-bond donors (Lipinski definition) is 0. The summed E-state index contributed by atoms with van der Waals surface area (Å²) in [6, 6.07) is 7.09. The van der Waals surface area contributed by atoms with E-state index in [0.29, 0.717) is 36.1 Å². The molecule has 6 rings (SSSR count). The van der Waals surface area contributed by atoms with Gasteiger partial charge in [0.1, 0.15) is 5.60 Å². The summed E-state index contributed by atoms with van der Waals surface area (Å²) in [6.45, 7) is 19.0. The zero-order valence-electron chi connectivity index (χ0n) is 31.9. The highest BCUT2D eigenvalue weighted by Gasteiger charge is 2.59. The number of carbonyl (C=O) groups is 3. The van der Waals surface area contributed by atoms with Crippen LogP contribution in [0.5, 0.6) is 0 Å². The third kappa shape index (κ3) is 6.88. The molecule has 0 N–H and O–H groups in total. The molecule has 1 heterocycles. The quantitative estimate of drug-likeness (QED) is 0.183. The molecule has 8 atom stereocenters. The summed E-state index contributed by atoms with van der Waals surface area (Å²) in [4.78, 5) is 43.0. The second kappa shape index (κ2) is 13.8. The minimum Gasteiger partial charge on any atom is -0.444 e. The second-order valence-electron chi connectivity index (χ2n) is 18.5. The fourth-order valence-electron chi connectivity index (χ4n) is 11.5. The van der Waals surface area contributed by atoms with Crippen molar-refractivity contribution < 1.29 is 19.1 Å². The van der Waals surface area contributed by atoms with Crippen molar-refractivity contribution in [2.24, 2.45) is 46.3 Å². The van der Waals surface area contributed by atoms with Crippen LogP contribution >= 0.6 is 0 Å². The van der Waals surface area contributed by atoms with Gasteiger partial charge in [-0.3, -0.25) is 14.5 Å². The Morgan fingerprint density at radius 3 is 2.29 bits per heavy atom. The number of benzene rings is 1. The first-order chi connectivity index (χ1) is 23.1. The van der Waals surface area contributed by atoms with E-state index < -0.39 is 5.60 Å². The van der Waals surface area contributed by atoms with E-state index in [1.807, 2.05) is 25.7 Å².